The molecule has 0 aliphatic rings. The van der Waals surface area contributed by atoms with Gasteiger partial charge in [0.1, 0.15) is 0 Å². The second-order valence-electron chi connectivity index (χ2n) is 10.6. The van der Waals surface area contributed by atoms with E-state index in [1.807, 2.05) is 6.92 Å². The van der Waals surface area contributed by atoms with E-state index in [9.17, 15) is 9.59 Å². The van der Waals surface area contributed by atoms with Gasteiger partial charge in [-0.1, -0.05) is 66.6 Å². The number of hydrogen-bond acceptors (Lipinski definition) is 8. The molecule has 2 amide bonds. The van der Waals surface area contributed by atoms with Gasteiger partial charge >= 0.3 is 0 Å². The van der Waals surface area contributed by atoms with Crippen LogP contribution in [0.25, 0.3) is 11.1 Å². The number of carbonyl (C=O) groups excluding carboxylic acids is 2. The molecular weight excluding hydrogens is 566 g/mol. The van der Waals surface area contributed by atoms with Crippen LogP contribution in [0.4, 0.5) is 11.6 Å². The highest BCUT2D eigenvalue weighted by molar-refractivity contribution is 6.31. The molecule has 0 aliphatic heterocycles. The molecular formula is C31H42ClN9O2. The van der Waals surface area contributed by atoms with E-state index in [1.165, 1.54) is 5.56 Å². The molecule has 12 heteroatoms. The van der Waals surface area contributed by atoms with Gasteiger partial charge in [-0.05, 0) is 67.7 Å². The Balaban J connectivity index is 1.33. The topological polar surface area (TPSA) is 198 Å². The third kappa shape index (κ3) is 11.5. The summed E-state index contributed by atoms with van der Waals surface area (Å²) < 4.78 is 0. The minimum absolute atomic E-state index is 0.0676. The van der Waals surface area contributed by atoms with Crippen LogP contribution >= 0.6 is 11.6 Å². The molecule has 0 saturated heterocycles. The van der Waals surface area contributed by atoms with Crippen molar-refractivity contribution >= 4 is 41.0 Å². The van der Waals surface area contributed by atoms with E-state index in [2.05, 4.69) is 74.4 Å². The lowest BCUT2D eigenvalue weighted by atomic mass is 9.99. The number of anilines is 2. The van der Waals surface area contributed by atoms with Gasteiger partial charge in [0.2, 0.25) is 5.91 Å². The summed E-state index contributed by atoms with van der Waals surface area (Å²) in [6.07, 6.45) is 6.78. The van der Waals surface area contributed by atoms with Crippen LogP contribution in [0, 0.1) is 5.41 Å². The van der Waals surface area contributed by atoms with E-state index in [0.29, 0.717) is 25.9 Å². The molecule has 0 unspecified atom stereocenters. The number of guanidine groups is 1. The van der Waals surface area contributed by atoms with Gasteiger partial charge in [0.25, 0.3) is 5.91 Å². The molecule has 10 N–H and O–H groups in total. The minimum Gasteiger partial charge on any atom is -0.382 e. The lowest BCUT2D eigenvalue weighted by Gasteiger charge is -2.10. The van der Waals surface area contributed by atoms with Crippen molar-refractivity contribution in [3.05, 3.63) is 70.5 Å². The maximum absolute atomic E-state index is 12.3. The van der Waals surface area contributed by atoms with Crippen molar-refractivity contribution in [1.82, 2.24) is 25.9 Å². The first-order chi connectivity index (χ1) is 20.6. The van der Waals surface area contributed by atoms with E-state index in [0.717, 1.165) is 55.2 Å². The largest absolute Gasteiger partial charge is 0.382 e. The fourth-order valence-corrected chi connectivity index (χ4v) is 4.51. The van der Waals surface area contributed by atoms with Crippen molar-refractivity contribution in [3.8, 4) is 11.1 Å². The monoisotopic (exact) mass is 607 g/mol. The highest BCUT2D eigenvalue weighted by Gasteiger charge is 2.17. The predicted octanol–water partition coefficient (Wildman–Crippen LogP) is 3.80. The highest BCUT2D eigenvalue weighted by atomic mass is 35.5. The summed E-state index contributed by atoms with van der Waals surface area (Å²) in [7, 11) is 0. The summed E-state index contributed by atoms with van der Waals surface area (Å²) >= 11 is 5.81. The SMILES string of the molecule is C[C@H](N)CCCCNC(=O)CCc1ccc(-c2ccc(CCCCNC(=N)NC(=O)c3nc(Cl)c(N)nc3N)cc2)cc1. The fourth-order valence-electron chi connectivity index (χ4n) is 4.39. The van der Waals surface area contributed by atoms with Crippen LogP contribution in [0.15, 0.2) is 48.5 Å². The van der Waals surface area contributed by atoms with Crippen molar-refractivity contribution in [3.63, 3.8) is 0 Å². The Labute approximate surface area is 257 Å². The first-order valence-electron chi connectivity index (χ1n) is 14.5. The summed E-state index contributed by atoms with van der Waals surface area (Å²) in [6, 6.07) is 17.1. The molecule has 0 bridgehead atoms. The Hall–Kier alpha value is -4.22. The molecule has 2 aromatic carbocycles. The van der Waals surface area contributed by atoms with Crippen LogP contribution in [0.5, 0.6) is 0 Å². The number of amides is 2. The normalized spacial score (nSPS) is 11.5. The van der Waals surface area contributed by atoms with Gasteiger partial charge in [0.05, 0.1) is 0 Å². The van der Waals surface area contributed by atoms with Crippen LogP contribution in [0.2, 0.25) is 5.15 Å². The van der Waals surface area contributed by atoms with Crippen molar-refractivity contribution in [2.24, 2.45) is 5.73 Å². The minimum atomic E-state index is -0.693. The zero-order chi connectivity index (χ0) is 31.2. The molecule has 1 aromatic heterocycles. The standard InChI is InChI=1S/C31H42ClN9O2/c1-20(33)6-2-4-18-37-25(42)17-12-22-10-15-24(16-11-22)23-13-8-21(9-14-23)7-3-5-19-38-31(36)41-30(43)26-28(34)40-29(35)27(32)39-26/h8-11,13-16,20H,2-7,12,17-19,33H2,1H3,(H,37,42)(H4,34,35,40)(H3,36,38,41,43)/t20-/m0/s1. The lowest BCUT2D eigenvalue weighted by Crippen LogP contribution is -2.41. The smallest absolute Gasteiger partial charge is 0.280 e. The summed E-state index contributed by atoms with van der Waals surface area (Å²) in [5.41, 5.74) is 21.4. The maximum Gasteiger partial charge on any atom is 0.280 e. The molecule has 3 aromatic rings. The van der Waals surface area contributed by atoms with Gasteiger partial charge in [-0.3, -0.25) is 20.3 Å². The average molecular weight is 608 g/mol. The molecule has 1 atom stereocenters. The number of benzene rings is 2. The number of aromatic nitrogens is 2. The van der Waals surface area contributed by atoms with Crippen LogP contribution in [0.3, 0.4) is 0 Å². The molecule has 11 nitrogen and oxygen atoms in total. The van der Waals surface area contributed by atoms with Gasteiger partial charge in [-0.2, -0.15) is 0 Å². The number of nitrogens with one attached hydrogen (secondary N) is 4. The molecule has 43 heavy (non-hydrogen) atoms. The number of aryl methyl sites for hydroxylation is 2. The van der Waals surface area contributed by atoms with Crippen molar-refractivity contribution in [2.45, 2.75) is 64.3 Å². The van der Waals surface area contributed by atoms with Gasteiger partial charge in [-0.15, -0.1) is 0 Å². The molecule has 0 spiro atoms. The van der Waals surface area contributed by atoms with Gasteiger partial charge in [0, 0.05) is 25.6 Å². The Morgan fingerprint density at radius 3 is 2.05 bits per heavy atom. The van der Waals surface area contributed by atoms with E-state index >= 15 is 0 Å². The first-order valence-corrected chi connectivity index (χ1v) is 14.9. The predicted molar refractivity (Wildman–Crippen MR) is 173 cm³/mol. The highest BCUT2D eigenvalue weighted by Crippen LogP contribution is 2.22. The van der Waals surface area contributed by atoms with Gasteiger partial charge in [0.15, 0.2) is 28.4 Å². The number of carbonyl (C=O) groups is 2. The third-order valence-corrected chi connectivity index (χ3v) is 7.12. The number of halogens is 1. The fraction of sp³-hybridized carbons (Fsp3) is 0.387. The lowest BCUT2D eigenvalue weighted by molar-refractivity contribution is -0.121. The summed E-state index contributed by atoms with van der Waals surface area (Å²) in [4.78, 5) is 32.0. The van der Waals surface area contributed by atoms with Crippen LogP contribution in [0.1, 0.15) is 67.1 Å². The quantitative estimate of drug-likeness (QED) is 0.0768. The average Bonchev–Trinajstić information content (AvgIpc) is 2.98. The van der Waals surface area contributed by atoms with Crippen molar-refractivity contribution in [2.75, 3.05) is 24.6 Å². The van der Waals surface area contributed by atoms with Gasteiger partial charge < -0.3 is 27.8 Å². The Kier molecular flexibility index (Phi) is 13.2. The number of rotatable bonds is 15. The van der Waals surface area contributed by atoms with Crippen molar-refractivity contribution in [1.29, 1.82) is 5.41 Å². The Morgan fingerprint density at radius 2 is 1.42 bits per heavy atom. The van der Waals surface area contributed by atoms with Crippen LogP contribution in [-0.4, -0.2) is 46.9 Å². The summed E-state index contributed by atoms with van der Waals surface area (Å²) in [6.45, 7) is 3.22. The molecule has 230 valence electrons. The molecule has 0 fully saturated rings. The number of nitrogens with zero attached hydrogens (tertiary/aromatic N) is 2. The van der Waals surface area contributed by atoms with E-state index < -0.39 is 5.91 Å². The second kappa shape index (κ2) is 17.0. The van der Waals surface area contributed by atoms with Crippen LogP contribution < -0.4 is 33.2 Å². The molecule has 1 heterocycles. The summed E-state index contributed by atoms with van der Waals surface area (Å²) in [5.74, 6) is -1.00. The molecule has 3 rings (SSSR count). The van der Waals surface area contributed by atoms with E-state index in [-0.39, 0.29) is 40.4 Å². The van der Waals surface area contributed by atoms with E-state index in [4.69, 9.17) is 34.2 Å². The van der Waals surface area contributed by atoms with E-state index in [1.54, 1.807) is 0 Å². The Bertz CT molecular complexity index is 1360. The number of nitrogen functional groups attached to an aromatic ring is 2. The number of nitrogens with two attached hydrogens (primary N) is 3. The zero-order valence-electron chi connectivity index (χ0n) is 24.6. The third-order valence-electron chi connectivity index (χ3n) is 6.84. The first kappa shape index (κ1) is 33.3. The second-order valence-corrected chi connectivity index (χ2v) is 10.9. The molecule has 0 aliphatic carbocycles. The number of unbranched alkanes of at least 4 members (excludes halogenated alkanes) is 2. The van der Waals surface area contributed by atoms with Crippen LogP contribution in [-0.2, 0) is 17.6 Å². The molecule has 0 radical (unpaired) electrons. The van der Waals surface area contributed by atoms with Crippen molar-refractivity contribution < 1.29 is 9.59 Å². The number of hydrogen-bond donors (Lipinski definition) is 7. The summed E-state index contributed by atoms with van der Waals surface area (Å²) in [5, 5.41) is 16.0. The molecule has 0 saturated carbocycles. The zero-order valence-corrected chi connectivity index (χ0v) is 25.3. The van der Waals surface area contributed by atoms with Gasteiger partial charge in [-0.25, -0.2) is 9.97 Å². The Morgan fingerprint density at radius 1 is 0.837 bits per heavy atom. The maximum atomic E-state index is 12.3.